The molecule has 1 aliphatic rings. The lowest BCUT2D eigenvalue weighted by Crippen LogP contribution is -2.48. The highest BCUT2D eigenvalue weighted by Crippen LogP contribution is 2.12. The highest BCUT2D eigenvalue weighted by atomic mass is 16.2. The lowest BCUT2D eigenvalue weighted by Gasteiger charge is -2.34. The summed E-state index contributed by atoms with van der Waals surface area (Å²) in [7, 11) is 0. The summed E-state index contributed by atoms with van der Waals surface area (Å²) in [6.07, 6.45) is 4.86. The van der Waals surface area contributed by atoms with E-state index in [9.17, 15) is 9.59 Å². The van der Waals surface area contributed by atoms with E-state index in [1.54, 1.807) is 6.20 Å². The van der Waals surface area contributed by atoms with Crippen LogP contribution in [0.2, 0.25) is 0 Å². The van der Waals surface area contributed by atoms with Crippen molar-refractivity contribution in [2.45, 2.75) is 40.2 Å². The van der Waals surface area contributed by atoms with Crippen LogP contribution in [-0.4, -0.2) is 59.3 Å². The monoisotopic (exact) mass is 346 g/mol. The number of hydrogen-bond donors (Lipinski definition) is 1. The Hall–Kier alpha value is -1.95. The number of carbonyl (C=O) groups excluding carboxylic acids is 2. The van der Waals surface area contributed by atoms with Crippen molar-refractivity contribution in [3.05, 3.63) is 30.1 Å². The first-order valence-electron chi connectivity index (χ1n) is 9.03. The van der Waals surface area contributed by atoms with Crippen molar-refractivity contribution in [2.75, 3.05) is 32.7 Å². The van der Waals surface area contributed by atoms with Crippen molar-refractivity contribution in [3.63, 3.8) is 0 Å². The van der Waals surface area contributed by atoms with Crippen molar-refractivity contribution >= 4 is 11.8 Å². The number of piperazine rings is 1. The normalized spacial score (nSPS) is 15.9. The van der Waals surface area contributed by atoms with Crippen LogP contribution in [-0.2, 0) is 16.1 Å². The molecule has 2 rings (SSSR count). The second kappa shape index (κ2) is 8.94. The molecule has 0 radical (unpaired) electrons. The van der Waals surface area contributed by atoms with Crippen molar-refractivity contribution in [1.29, 1.82) is 0 Å². The summed E-state index contributed by atoms with van der Waals surface area (Å²) in [4.78, 5) is 32.5. The van der Waals surface area contributed by atoms with Gasteiger partial charge in [-0.25, -0.2) is 0 Å². The van der Waals surface area contributed by atoms with Gasteiger partial charge in [0.1, 0.15) is 0 Å². The van der Waals surface area contributed by atoms with E-state index in [-0.39, 0.29) is 17.2 Å². The summed E-state index contributed by atoms with van der Waals surface area (Å²) in [6.45, 7) is 10.4. The number of rotatable bonds is 6. The van der Waals surface area contributed by atoms with Gasteiger partial charge in [0.25, 0.3) is 0 Å². The number of hydrogen-bond acceptors (Lipinski definition) is 4. The van der Waals surface area contributed by atoms with Gasteiger partial charge >= 0.3 is 0 Å². The molecule has 2 heterocycles. The molecule has 2 amide bonds. The van der Waals surface area contributed by atoms with E-state index < -0.39 is 0 Å². The number of nitrogens with zero attached hydrogens (tertiary/aromatic N) is 3. The van der Waals surface area contributed by atoms with Crippen molar-refractivity contribution in [2.24, 2.45) is 5.41 Å². The van der Waals surface area contributed by atoms with Crippen molar-refractivity contribution in [3.8, 4) is 0 Å². The van der Waals surface area contributed by atoms with Crippen LogP contribution in [0.25, 0.3) is 0 Å². The van der Waals surface area contributed by atoms with Gasteiger partial charge in [0, 0.05) is 63.5 Å². The van der Waals surface area contributed by atoms with Crippen LogP contribution >= 0.6 is 0 Å². The van der Waals surface area contributed by atoms with Gasteiger partial charge in [0.2, 0.25) is 11.8 Å². The molecule has 0 saturated carbocycles. The minimum absolute atomic E-state index is 0.0314. The molecule has 0 unspecified atom stereocenters. The highest BCUT2D eigenvalue weighted by molar-refractivity contribution is 5.81. The Bertz CT molecular complexity index is 561. The van der Waals surface area contributed by atoms with Crippen LogP contribution in [0, 0.1) is 5.41 Å². The number of amides is 2. The van der Waals surface area contributed by atoms with E-state index in [0.717, 1.165) is 32.7 Å². The van der Waals surface area contributed by atoms with Crippen LogP contribution in [0.1, 0.15) is 39.2 Å². The maximum Gasteiger partial charge on any atom is 0.225 e. The first kappa shape index (κ1) is 19.4. The Morgan fingerprint density at radius 2 is 1.92 bits per heavy atom. The Morgan fingerprint density at radius 1 is 1.20 bits per heavy atom. The van der Waals surface area contributed by atoms with Crippen LogP contribution in [0.15, 0.2) is 24.5 Å². The Labute approximate surface area is 150 Å². The van der Waals surface area contributed by atoms with E-state index in [4.69, 9.17) is 0 Å². The molecule has 1 aromatic heterocycles. The molecule has 0 bridgehead atoms. The molecule has 1 aromatic rings. The molecule has 0 atom stereocenters. The zero-order chi connectivity index (χ0) is 18.3. The average Bonchev–Trinajstić information content (AvgIpc) is 2.59. The second-order valence-corrected chi connectivity index (χ2v) is 7.63. The Morgan fingerprint density at radius 3 is 2.52 bits per heavy atom. The number of nitrogens with one attached hydrogen (secondary N) is 1. The van der Waals surface area contributed by atoms with Crippen molar-refractivity contribution in [1.82, 2.24) is 20.1 Å². The minimum atomic E-state index is -0.380. The molecule has 0 aliphatic carbocycles. The number of aromatic nitrogens is 1. The summed E-state index contributed by atoms with van der Waals surface area (Å²) < 4.78 is 0. The van der Waals surface area contributed by atoms with Gasteiger partial charge in [-0.15, -0.1) is 0 Å². The fourth-order valence-corrected chi connectivity index (χ4v) is 2.77. The van der Waals surface area contributed by atoms with E-state index in [2.05, 4.69) is 21.3 Å². The number of carbonyl (C=O) groups is 2. The summed E-state index contributed by atoms with van der Waals surface area (Å²) in [6, 6.07) is 4.03. The molecule has 25 heavy (non-hydrogen) atoms. The third kappa shape index (κ3) is 6.46. The zero-order valence-electron chi connectivity index (χ0n) is 15.6. The van der Waals surface area contributed by atoms with Crippen LogP contribution in [0.4, 0.5) is 0 Å². The molecule has 1 N–H and O–H groups in total. The van der Waals surface area contributed by atoms with E-state index in [1.807, 2.05) is 37.9 Å². The van der Waals surface area contributed by atoms with Crippen LogP contribution in [0.5, 0.6) is 0 Å². The zero-order valence-corrected chi connectivity index (χ0v) is 15.6. The predicted octanol–water partition coefficient (Wildman–Crippen LogP) is 1.67. The molecule has 6 heteroatoms. The standard InChI is InChI=1S/C19H30N4O2/c1-19(2,3)18(25)21-9-5-7-17(24)23-12-10-22(11-13-23)15-16-6-4-8-20-14-16/h4,6,8,14H,5,7,9-13,15H2,1-3H3,(H,21,25). The highest BCUT2D eigenvalue weighted by Gasteiger charge is 2.22. The second-order valence-electron chi connectivity index (χ2n) is 7.63. The SMILES string of the molecule is CC(C)(C)C(=O)NCCCC(=O)N1CCN(Cc2cccnc2)CC1. The van der Waals surface area contributed by atoms with E-state index >= 15 is 0 Å². The first-order valence-corrected chi connectivity index (χ1v) is 9.03. The Kier molecular flexibility index (Phi) is 6.93. The maximum atomic E-state index is 12.3. The molecular weight excluding hydrogens is 316 g/mol. The van der Waals surface area contributed by atoms with E-state index in [1.165, 1.54) is 5.56 Å². The van der Waals surface area contributed by atoms with Gasteiger partial charge in [-0.05, 0) is 18.1 Å². The predicted molar refractivity (Wildman–Crippen MR) is 97.8 cm³/mol. The molecule has 138 valence electrons. The van der Waals surface area contributed by atoms with Gasteiger partial charge in [0.05, 0.1) is 0 Å². The fourth-order valence-electron chi connectivity index (χ4n) is 2.77. The van der Waals surface area contributed by atoms with E-state index in [0.29, 0.717) is 19.4 Å². The Balaban J connectivity index is 1.63. The third-order valence-electron chi connectivity index (χ3n) is 4.39. The average molecular weight is 346 g/mol. The first-order chi connectivity index (χ1) is 11.9. The minimum Gasteiger partial charge on any atom is -0.356 e. The van der Waals surface area contributed by atoms with Gasteiger partial charge in [0.15, 0.2) is 0 Å². The summed E-state index contributed by atoms with van der Waals surface area (Å²) in [5.74, 6) is 0.218. The molecule has 0 aromatic carbocycles. The maximum absolute atomic E-state index is 12.3. The van der Waals surface area contributed by atoms with Gasteiger partial charge in [-0.2, -0.15) is 0 Å². The molecular formula is C19H30N4O2. The quantitative estimate of drug-likeness (QED) is 0.796. The lowest BCUT2D eigenvalue weighted by molar-refractivity contribution is -0.133. The van der Waals surface area contributed by atoms with Gasteiger partial charge in [-0.1, -0.05) is 26.8 Å². The van der Waals surface area contributed by atoms with Crippen molar-refractivity contribution < 1.29 is 9.59 Å². The third-order valence-corrected chi connectivity index (χ3v) is 4.39. The van der Waals surface area contributed by atoms with Crippen LogP contribution in [0.3, 0.4) is 0 Å². The lowest BCUT2D eigenvalue weighted by atomic mass is 9.96. The molecule has 1 aliphatic heterocycles. The summed E-state index contributed by atoms with van der Waals surface area (Å²) in [5.41, 5.74) is 0.825. The van der Waals surface area contributed by atoms with Gasteiger partial charge < -0.3 is 10.2 Å². The molecule has 6 nitrogen and oxygen atoms in total. The van der Waals surface area contributed by atoms with Gasteiger partial charge in [-0.3, -0.25) is 19.5 Å². The topological polar surface area (TPSA) is 65.5 Å². The fraction of sp³-hybridized carbons (Fsp3) is 0.632. The summed E-state index contributed by atoms with van der Waals surface area (Å²) in [5, 5.41) is 2.89. The smallest absolute Gasteiger partial charge is 0.225 e. The summed E-state index contributed by atoms with van der Waals surface area (Å²) >= 11 is 0. The molecule has 0 spiro atoms. The van der Waals surface area contributed by atoms with Crippen LogP contribution < -0.4 is 5.32 Å². The largest absolute Gasteiger partial charge is 0.356 e. The molecule has 1 saturated heterocycles. The number of pyridine rings is 1. The molecule has 1 fully saturated rings.